The Morgan fingerprint density at radius 2 is 1.81 bits per heavy atom. The molecule has 2 rings (SSSR count). The highest BCUT2D eigenvalue weighted by molar-refractivity contribution is 7.92. The fraction of sp³-hybridized carbons (Fsp3) is 0.316. The molecule has 0 saturated carbocycles. The van der Waals surface area contributed by atoms with Crippen molar-refractivity contribution in [1.29, 1.82) is 0 Å². The maximum absolute atomic E-state index is 12.6. The second-order valence-electron chi connectivity index (χ2n) is 6.16. The zero-order valence-corrected chi connectivity index (χ0v) is 16.0. The molecule has 0 radical (unpaired) electrons. The molecule has 0 atom stereocenters. The number of methoxy groups -OCH3 is 1. The Morgan fingerprint density at radius 3 is 2.42 bits per heavy atom. The third kappa shape index (κ3) is 5.31. The van der Waals surface area contributed by atoms with Crippen molar-refractivity contribution in [2.75, 3.05) is 25.0 Å². The Hall–Kier alpha value is -2.38. The molecule has 0 bridgehead atoms. The molecule has 26 heavy (non-hydrogen) atoms. The van der Waals surface area contributed by atoms with E-state index >= 15 is 0 Å². The topological polar surface area (TPSA) is 84.5 Å². The molecule has 0 fully saturated rings. The fourth-order valence-electron chi connectivity index (χ4n) is 2.32. The summed E-state index contributed by atoms with van der Waals surface area (Å²) >= 11 is 0. The fourth-order valence-corrected chi connectivity index (χ4v) is 3.43. The number of carbonyl (C=O) groups excluding carboxylic acids is 1. The van der Waals surface area contributed by atoms with Crippen LogP contribution in [0, 0.1) is 0 Å². The lowest BCUT2D eigenvalue weighted by atomic mass is 10.0. The Balaban J connectivity index is 2.15. The summed E-state index contributed by atoms with van der Waals surface area (Å²) in [5.41, 5.74) is 1.88. The third-order valence-corrected chi connectivity index (χ3v) is 5.21. The molecule has 140 valence electrons. The van der Waals surface area contributed by atoms with Crippen LogP contribution >= 0.6 is 0 Å². The molecule has 0 spiro atoms. The summed E-state index contributed by atoms with van der Waals surface area (Å²) in [5, 5.41) is 2.67. The van der Waals surface area contributed by atoms with Crippen LogP contribution in [0.1, 0.15) is 35.7 Å². The molecule has 0 heterocycles. The Kier molecular flexibility index (Phi) is 6.76. The van der Waals surface area contributed by atoms with Gasteiger partial charge in [0.05, 0.1) is 11.5 Å². The molecule has 6 nitrogen and oxygen atoms in total. The van der Waals surface area contributed by atoms with Crippen LogP contribution in [-0.2, 0) is 14.8 Å². The maximum atomic E-state index is 12.6. The minimum Gasteiger partial charge on any atom is -0.383 e. The lowest BCUT2D eigenvalue weighted by molar-refractivity contribution is 0.0937. The smallest absolute Gasteiger partial charge is 0.261 e. The number of carbonyl (C=O) groups is 1. The summed E-state index contributed by atoms with van der Waals surface area (Å²) in [4.78, 5) is 12.1. The van der Waals surface area contributed by atoms with Crippen molar-refractivity contribution in [2.24, 2.45) is 0 Å². The molecule has 1 amide bonds. The maximum Gasteiger partial charge on any atom is 0.261 e. The van der Waals surface area contributed by atoms with Crippen LogP contribution in [0.4, 0.5) is 5.69 Å². The number of benzene rings is 2. The monoisotopic (exact) mass is 376 g/mol. The molecular formula is C19H24N2O4S. The average Bonchev–Trinajstić information content (AvgIpc) is 2.62. The lowest BCUT2D eigenvalue weighted by Crippen LogP contribution is -2.27. The van der Waals surface area contributed by atoms with Gasteiger partial charge in [0.2, 0.25) is 0 Å². The first-order chi connectivity index (χ1) is 12.3. The van der Waals surface area contributed by atoms with Gasteiger partial charge in [-0.25, -0.2) is 8.42 Å². The van der Waals surface area contributed by atoms with Gasteiger partial charge in [-0.1, -0.05) is 32.0 Å². The highest BCUT2D eigenvalue weighted by atomic mass is 32.2. The number of hydrogen-bond acceptors (Lipinski definition) is 4. The number of sulfonamides is 1. The normalized spacial score (nSPS) is 11.4. The predicted octanol–water partition coefficient (Wildman–Crippen LogP) is 2.99. The van der Waals surface area contributed by atoms with E-state index in [2.05, 4.69) is 23.9 Å². The van der Waals surface area contributed by atoms with E-state index in [9.17, 15) is 13.2 Å². The van der Waals surface area contributed by atoms with E-state index in [0.29, 0.717) is 24.8 Å². The van der Waals surface area contributed by atoms with Crippen molar-refractivity contribution in [2.45, 2.75) is 24.7 Å². The van der Waals surface area contributed by atoms with Gasteiger partial charge in [-0.05, 0) is 41.8 Å². The second kappa shape index (κ2) is 8.82. The van der Waals surface area contributed by atoms with E-state index in [1.807, 2.05) is 12.1 Å². The Labute approximate surface area is 154 Å². The van der Waals surface area contributed by atoms with Gasteiger partial charge in [-0.15, -0.1) is 0 Å². The average molecular weight is 376 g/mol. The standard InChI is InChI=1S/C19H24N2O4S/c1-14(2)15-7-9-17(10-8-15)21-26(23,24)18-6-4-5-16(13-18)19(22)20-11-12-25-3/h4-10,13-14,21H,11-12H2,1-3H3,(H,20,22). The van der Waals surface area contributed by atoms with Gasteiger partial charge in [0.15, 0.2) is 0 Å². The number of amides is 1. The van der Waals surface area contributed by atoms with Crippen LogP contribution in [0.2, 0.25) is 0 Å². The molecule has 2 aromatic carbocycles. The lowest BCUT2D eigenvalue weighted by Gasteiger charge is -2.11. The Morgan fingerprint density at radius 1 is 1.12 bits per heavy atom. The van der Waals surface area contributed by atoms with E-state index in [1.165, 1.54) is 12.1 Å². The predicted molar refractivity (Wildman–Crippen MR) is 102 cm³/mol. The molecule has 0 aliphatic rings. The third-order valence-electron chi connectivity index (χ3n) is 3.83. The molecule has 0 saturated heterocycles. The van der Waals surface area contributed by atoms with Gasteiger partial charge >= 0.3 is 0 Å². The second-order valence-corrected chi connectivity index (χ2v) is 7.84. The van der Waals surface area contributed by atoms with Crippen molar-refractivity contribution in [3.63, 3.8) is 0 Å². The number of ether oxygens (including phenoxy) is 1. The summed E-state index contributed by atoms with van der Waals surface area (Å²) in [6, 6.07) is 13.2. The first-order valence-electron chi connectivity index (χ1n) is 8.33. The molecule has 7 heteroatoms. The SMILES string of the molecule is COCCNC(=O)c1cccc(S(=O)(=O)Nc2ccc(C(C)C)cc2)c1. The summed E-state index contributed by atoms with van der Waals surface area (Å²) < 4.78 is 32.6. The van der Waals surface area contributed by atoms with Crippen molar-refractivity contribution in [1.82, 2.24) is 5.32 Å². The van der Waals surface area contributed by atoms with Gasteiger partial charge in [0.1, 0.15) is 0 Å². The zero-order chi connectivity index (χ0) is 19.2. The van der Waals surface area contributed by atoms with Crippen LogP contribution in [-0.4, -0.2) is 34.6 Å². The zero-order valence-electron chi connectivity index (χ0n) is 15.2. The van der Waals surface area contributed by atoms with Crippen molar-refractivity contribution in [3.05, 3.63) is 59.7 Å². The molecule has 0 unspecified atom stereocenters. The minimum atomic E-state index is -3.78. The molecule has 2 N–H and O–H groups in total. The van der Waals surface area contributed by atoms with Crippen molar-refractivity contribution >= 4 is 21.6 Å². The van der Waals surface area contributed by atoms with Crippen LogP contribution in [0.3, 0.4) is 0 Å². The van der Waals surface area contributed by atoms with E-state index in [4.69, 9.17) is 4.74 Å². The van der Waals surface area contributed by atoms with Crippen LogP contribution in [0.5, 0.6) is 0 Å². The summed E-state index contributed by atoms with van der Waals surface area (Å²) in [5.74, 6) is 0.0225. The van der Waals surface area contributed by atoms with Crippen molar-refractivity contribution in [3.8, 4) is 0 Å². The van der Waals surface area contributed by atoms with Gasteiger partial charge in [-0.2, -0.15) is 0 Å². The van der Waals surface area contributed by atoms with Crippen LogP contribution in [0.25, 0.3) is 0 Å². The van der Waals surface area contributed by atoms with Gasteiger partial charge < -0.3 is 10.1 Å². The number of hydrogen-bond donors (Lipinski definition) is 2. The van der Waals surface area contributed by atoms with Gasteiger partial charge in [0.25, 0.3) is 15.9 Å². The Bertz CT molecular complexity index is 846. The van der Waals surface area contributed by atoms with E-state index < -0.39 is 10.0 Å². The minimum absolute atomic E-state index is 0.0322. The quantitative estimate of drug-likeness (QED) is 0.694. The molecule has 2 aromatic rings. The van der Waals surface area contributed by atoms with E-state index in [1.54, 1.807) is 31.4 Å². The number of rotatable bonds is 8. The van der Waals surface area contributed by atoms with Crippen molar-refractivity contribution < 1.29 is 17.9 Å². The van der Waals surface area contributed by atoms with E-state index in [-0.39, 0.29) is 16.4 Å². The molecule has 0 aliphatic heterocycles. The highest BCUT2D eigenvalue weighted by Crippen LogP contribution is 2.20. The molecule has 0 aromatic heterocycles. The van der Waals surface area contributed by atoms with Gasteiger partial charge in [-0.3, -0.25) is 9.52 Å². The first-order valence-corrected chi connectivity index (χ1v) is 9.82. The van der Waals surface area contributed by atoms with Gasteiger partial charge in [0, 0.05) is 24.9 Å². The first kappa shape index (κ1) is 19.9. The number of anilines is 1. The van der Waals surface area contributed by atoms with Crippen LogP contribution in [0.15, 0.2) is 53.4 Å². The molecular weight excluding hydrogens is 352 g/mol. The summed E-state index contributed by atoms with van der Waals surface area (Å²) in [7, 11) is -2.24. The van der Waals surface area contributed by atoms with Crippen LogP contribution < -0.4 is 10.0 Å². The highest BCUT2D eigenvalue weighted by Gasteiger charge is 2.16. The largest absolute Gasteiger partial charge is 0.383 e. The molecule has 0 aliphatic carbocycles. The number of nitrogens with one attached hydrogen (secondary N) is 2. The summed E-state index contributed by atoms with van der Waals surface area (Å²) in [6.07, 6.45) is 0. The summed E-state index contributed by atoms with van der Waals surface area (Å²) in [6.45, 7) is 4.88. The van der Waals surface area contributed by atoms with E-state index in [0.717, 1.165) is 5.56 Å².